The van der Waals surface area contributed by atoms with E-state index in [1.807, 2.05) is 35.2 Å². The molecule has 1 heterocycles. The molecule has 4 heteroatoms. The number of halogens is 1. The molecule has 1 aliphatic heterocycles. The van der Waals surface area contributed by atoms with E-state index in [9.17, 15) is 4.79 Å². The average molecular weight is 298 g/mol. The molecule has 1 aromatic carbocycles. The minimum Gasteiger partial charge on any atom is -0.484 e. The van der Waals surface area contributed by atoms with Gasteiger partial charge in [-0.3, -0.25) is 4.79 Å². The zero-order valence-corrected chi connectivity index (χ0v) is 11.2. The number of nitrogens with zero attached hydrogens (tertiary/aromatic N) is 1. The number of hydrogen-bond acceptors (Lipinski definition) is 2. The number of alkyl halides is 1. The van der Waals surface area contributed by atoms with Crippen molar-refractivity contribution >= 4 is 21.8 Å². The van der Waals surface area contributed by atoms with E-state index < -0.39 is 0 Å². The molecular weight excluding hydrogens is 282 g/mol. The lowest BCUT2D eigenvalue weighted by Gasteiger charge is -2.22. The largest absolute Gasteiger partial charge is 0.484 e. The van der Waals surface area contributed by atoms with Gasteiger partial charge in [-0.2, -0.15) is 0 Å². The fourth-order valence-electron chi connectivity index (χ4n) is 2.07. The van der Waals surface area contributed by atoms with Crippen LogP contribution in [0.15, 0.2) is 30.3 Å². The smallest absolute Gasteiger partial charge is 0.260 e. The molecule has 1 amide bonds. The van der Waals surface area contributed by atoms with E-state index in [1.54, 1.807) is 0 Å². The van der Waals surface area contributed by atoms with Gasteiger partial charge in [0.2, 0.25) is 0 Å². The number of amides is 1. The molecule has 0 spiro atoms. The van der Waals surface area contributed by atoms with E-state index in [2.05, 4.69) is 15.9 Å². The maximum Gasteiger partial charge on any atom is 0.260 e. The van der Waals surface area contributed by atoms with E-state index in [1.165, 1.54) is 0 Å². The zero-order valence-electron chi connectivity index (χ0n) is 9.64. The predicted octanol–water partition coefficient (Wildman–Crippen LogP) is 2.45. The Hall–Kier alpha value is -1.03. The summed E-state index contributed by atoms with van der Waals surface area (Å²) in [5.74, 6) is 0.825. The molecule has 0 radical (unpaired) electrons. The van der Waals surface area contributed by atoms with Gasteiger partial charge in [0.05, 0.1) is 0 Å². The van der Waals surface area contributed by atoms with E-state index >= 15 is 0 Å². The minimum atomic E-state index is 0.0794. The second kappa shape index (κ2) is 6.05. The number of para-hydroxylation sites is 1. The Kier molecular flexibility index (Phi) is 4.42. The first-order valence-corrected chi connectivity index (χ1v) is 6.96. The number of rotatable bonds is 4. The van der Waals surface area contributed by atoms with E-state index in [-0.39, 0.29) is 12.5 Å². The maximum absolute atomic E-state index is 12.0. The first-order chi connectivity index (χ1) is 8.31. The molecule has 0 bridgehead atoms. The highest BCUT2D eigenvalue weighted by molar-refractivity contribution is 9.09. The monoisotopic (exact) mass is 297 g/mol. The van der Waals surface area contributed by atoms with Gasteiger partial charge in [-0.05, 0) is 25.0 Å². The Morgan fingerprint density at radius 1 is 1.41 bits per heavy atom. The number of likely N-dealkylation sites (tertiary alicyclic amines) is 1. The summed E-state index contributed by atoms with van der Waals surface area (Å²) in [6, 6.07) is 9.78. The van der Waals surface area contributed by atoms with Crippen LogP contribution in [-0.4, -0.2) is 35.3 Å². The van der Waals surface area contributed by atoms with Gasteiger partial charge in [-0.1, -0.05) is 34.1 Å². The van der Waals surface area contributed by atoms with Gasteiger partial charge in [0, 0.05) is 17.9 Å². The molecule has 1 fully saturated rings. The number of carbonyl (C=O) groups excluding carboxylic acids is 1. The average Bonchev–Trinajstić information content (AvgIpc) is 2.85. The SMILES string of the molecule is O=C(COc1ccccc1)N1CCCC1CBr. The Bertz CT molecular complexity index is 369. The van der Waals surface area contributed by atoms with Gasteiger partial charge in [0.15, 0.2) is 6.61 Å². The molecule has 2 rings (SSSR count). The lowest BCUT2D eigenvalue weighted by molar-refractivity contribution is -0.133. The Morgan fingerprint density at radius 2 is 2.18 bits per heavy atom. The van der Waals surface area contributed by atoms with Crippen LogP contribution in [0.25, 0.3) is 0 Å². The molecule has 1 aromatic rings. The van der Waals surface area contributed by atoms with Crippen LogP contribution < -0.4 is 4.74 Å². The third-order valence-corrected chi connectivity index (χ3v) is 3.73. The molecule has 0 N–H and O–H groups in total. The fraction of sp³-hybridized carbons (Fsp3) is 0.462. The number of hydrogen-bond donors (Lipinski definition) is 0. The van der Waals surface area contributed by atoms with Crippen LogP contribution in [0.5, 0.6) is 5.75 Å². The molecule has 1 unspecified atom stereocenters. The van der Waals surface area contributed by atoms with Crippen molar-refractivity contribution in [3.05, 3.63) is 30.3 Å². The van der Waals surface area contributed by atoms with Crippen molar-refractivity contribution in [1.29, 1.82) is 0 Å². The van der Waals surface area contributed by atoms with Gasteiger partial charge in [0.25, 0.3) is 5.91 Å². The molecule has 0 aromatic heterocycles. The second-order valence-corrected chi connectivity index (χ2v) is 4.79. The lowest BCUT2D eigenvalue weighted by atomic mass is 10.2. The zero-order chi connectivity index (χ0) is 12.1. The normalized spacial score (nSPS) is 19.4. The maximum atomic E-state index is 12.0. The summed E-state index contributed by atoms with van der Waals surface area (Å²) in [4.78, 5) is 13.9. The predicted molar refractivity (Wildman–Crippen MR) is 70.5 cm³/mol. The summed E-state index contributed by atoms with van der Waals surface area (Å²) in [5, 5.41) is 0.851. The van der Waals surface area contributed by atoms with Crippen LogP contribution in [0, 0.1) is 0 Å². The first-order valence-electron chi connectivity index (χ1n) is 5.84. The van der Waals surface area contributed by atoms with Crippen molar-refractivity contribution in [3.63, 3.8) is 0 Å². The van der Waals surface area contributed by atoms with Crippen molar-refractivity contribution < 1.29 is 9.53 Å². The molecular formula is C13H16BrNO2. The van der Waals surface area contributed by atoms with Gasteiger partial charge in [0.1, 0.15) is 5.75 Å². The van der Waals surface area contributed by atoms with Crippen LogP contribution in [0.1, 0.15) is 12.8 Å². The summed E-state index contributed by atoms with van der Waals surface area (Å²) in [6.07, 6.45) is 2.18. The molecule has 1 atom stereocenters. The van der Waals surface area contributed by atoms with Crippen LogP contribution >= 0.6 is 15.9 Å². The van der Waals surface area contributed by atoms with Crippen molar-refractivity contribution in [2.45, 2.75) is 18.9 Å². The quantitative estimate of drug-likeness (QED) is 0.799. The molecule has 1 aliphatic rings. The Morgan fingerprint density at radius 3 is 2.88 bits per heavy atom. The van der Waals surface area contributed by atoms with Gasteiger partial charge in [-0.15, -0.1) is 0 Å². The fourth-order valence-corrected chi connectivity index (χ4v) is 2.74. The van der Waals surface area contributed by atoms with Gasteiger partial charge >= 0.3 is 0 Å². The summed E-state index contributed by atoms with van der Waals surface area (Å²) in [6.45, 7) is 0.987. The molecule has 3 nitrogen and oxygen atoms in total. The standard InChI is InChI=1S/C13H16BrNO2/c14-9-11-5-4-8-15(11)13(16)10-17-12-6-2-1-3-7-12/h1-3,6-7,11H,4-5,8-10H2. The summed E-state index contributed by atoms with van der Waals surface area (Å²) in [5.41, 5.74) is 0. The molecule has 0 aliphatic carbocycles. The highest BCUT2D eigenvalue weighted by Crippen LogP contribution is 2.19. The van der Waals surface area contributed by atoms with Crippen molar-refractivity contribution in [2.24, 2.45) is 0 Å². The van der Waals surface area contributed by atoms with E-state index in [0.717, 1.165) is 30.5 Å². The van der Waals surface area contributed by atoms with Gasteiger partial charge < -0.3 is 9.64 Å². The third kappa shape index (κ3) is 3.22. The van der Waals surface area contributed by atoms with E-state index in [0.29, 0.717) is 6.04 Å². The van der Waals surface area contributed by atoms with Crippen molar-refractivity contribution in [1.82, 2.24) is 4.90 Å². The van der Waals surface area contributed by atoms with Crippen molar-refractivity contribution in [2.75, 3.05) is 18.5 Å². The second-order valence-electron chi connectivity index (χ2n) is 4.14. The molecule has 17 heavy (non-hydrogen) atoms. The van der Waals surface area contributed by atoms with Crippen molar-refractivity contribution in [3.8, 4) is 5.75 Å². The number of ether oxygens (including phenoxy) is 1. The third-order valence-electron chi connectivity index (χ3n) is 2.98. The number of carbonyl (C=O) groups is 1. The van der Waals surface area contributed by atoms with Gasteiger partial charge in [-0.25, -0.2) is 0 Å². The van der Waals surface area contributed by atoms with Crippen LogP contribution in [0.4, 0.5) is 0 Å². The first kappa shape index (κ1) is 12.4. The molecule has 92 valence electrons. The summed E-state index contributed by atoms with van der Waals surface area (Å²) >= 11 is 3.45. The summed E-state index contributed by atoms with van der Waals surface area (Å²) in [7, 11) is 0. The highest BCUT2D eigenvalue weighted by atomic mass is 79.9. The van der Waals surface area contributed by atoms with Crippen LogP contribution in [-0.2, 0) is 4.79 Å². The molecule has 0 saturated carbocycles. The molecule has 1 saturated heterocycles. The van der Waals surface area contributed by atoms with Crippen LogP contribution in [0.3, 0.4) is 0 Å². The Balaban J connectivity index is 1.85. The topological polar surface area (TPSA) is 29.5 Å². The minimum absolute atomic E-state index is 0.0794. The lowest BCUT2D eigenvalue weighted by Crippen LogP contribution is -2.39. The Labute approximate surface area is 110 Å². The number of benzene rings is 1. The highest BCUT2D eigenvalue weighted by Gasteiger charge is 2.27. The summed E-state index contributed by atoms with van der Waals surface area (Å²) < 4.78 is 5.47. The van der Waals surface area contributed by atoms with Crippen LogP contribution in [0.2, 0.25) is 0 Å². The van der Waals surface area contributed by atoms with E-state index in [4.69, 9.17) is 4.74 Å².